The maximum Gasteiger partial charge on any atom is 0.164 e. The first-order chi connectivity index (χ1) is 27.3. The van der Waals surface area contributed by atoms with Crippen LogP contribution in [0.4, 0.5) is 0 Å². The number of fused-ring (bicyclic) bond motifs is 9. The Morgan fingerprint density at radius 2 is 0.745 bits per heavy atom. The summed E-state index contributed by atoms with van der Waals surface area (Å²) < 4.78 is 2.38. The molecule has 9 aromatic carbocycles. The maximum absolute atomic E-state index is 5.06. The summed E-state index contributed by atoms with van der Waals surface area (Å²) in [6, 6.07) is 68.8. The van der Waals surface area contributed by atoms with Gasteiger partial charge in [-0.3, -0.25) is 0 Å². The van der Waals surface area contributed by atoms with E-state index in [1.807, 2.05) is 60.7 Å². The van der Waals surface area contributed by atoms with Crippen molar-refractivity contribution in [2.24, 2.45) is 0 Å². The number of hydrogen-bond acceptors (Lipinski definition) is 3. The van der Waals surface area contributed by atoms with E-state index in [0.717, 1.165) is 22.4 Å². The Kier molecular flexibility index (Phi) is 7.14. The minimum atomic E-state index is 0.647. The molecule has 0 saturated carbocycles. The third-order valence-electron chi connectivity index (χ3n) is 10.8. The number of rotatable bonds is 5. The summed E-state index contributed by atoms with van der Waals surface area (Å²) in [5.74, 6) is 1.95. The predicted octanol–water partition coefficient (Wildman–Crippen LogP) is 13.1. The second kappa shape index (κ2) is 12.6. The van der Waals surface area contributed by atoms with E-state index in [-0.39, 0.29) is 0 Å². The second-order valence-electron chi connectivity index (χ2n) is 14.0. The maximum atomic E-state index is 5.06. The van der Waals surface area contributed by atoms with E-state index in [2.05, 4.69) is 138 Å². The van der Waals surface area contributed by atoms with Gasteiger partial charge in [-0.15, -0.1) is 0 Å². The molecule has 4 nitrogen and oxygen atoms in total. The molecular formula is C51H32N4. The van der Waals surface area contributed by atoms with Crippen LogP contribution in [0.5, 0.6) is 0 Å². The quantitative estimate of drug-likeness (QED) is 0.168. The summed E-state index contributed by atoms with van der Waals surface area (Å²) >= 11 is 0. The van der Waals surface area contributed by atoms with Gasteiger partial charge in [-0.1, -0.05) is 158 Å². The lowest BCUT2D eigenvalue weighted by Gasteiger charge is -2.14. The lowest BCUT2D eigenvalue weighted by Crippen LogP contribution is -2.00. The van der Waals surface area contributed by atoms with Crippen molar-refractivity contribution in [1.29, 1.82) is 0 Å². The van der Waals surface area contributed by atoms with Crippen molar-refractivity contribution in [3.8, 4) is 51.0 Å². The summed E-state index contributed by atoms with van der Waals surface area (Å²) in [6.07, 6.45) is 0. The lowest BCUT2D eigenvalue weighted by molar-refractivity contribution is 1.07. The van der Waals surface area contributed by atoms with Crippen molar-refractivity contribution in [1.82, 2.24) is 19.5 Å². The Morgan fingerprint density at radius 3 is 1.40 bits per heavy atom. The Balaban J connectivity index is 1.14. The Morgan fingerprint density at radius 1 is 0.291 bits per heavy atom. The van der Waals surface area contributed by atoms with E-state index < -0.39 is 0 Å². The summed E-state index contributed by atoms with van der Waals surface area (Å²) in [7, 11) is 0. The second-order valence-corrected chi connectivity index (χ2v) is 14.0. The van der Waals surface area contributed by atoms with Gasteiger partial charge in [0.2, 0.25) is 0 Å². The van der Waals surface area contributed by atoms with Crippen LogP contribution in [0.3, 0.4) is 0 Å². The highest BCUT2D eigenvalue weighted by Crippen LogP contribution is 2.42. The van der Waals surface area contributed by atoms with Crippen LogP contribution < -0.4 is 0 Å². The molecule has 256 valence electrons. The monoisotopic (exact) mass is 700 g/mol. The molecule has 0 aliphatic heterocycles. The molecule has 55 heavy (non-hydrogen) atoms. The van der Waals surface area contributed by atoms with Gasteiger partial charge in [-0.2, -0.15) is 0 Å². The summed E-state index contributed by atoms with van der Waals surface area (Å²) in [5.41, 5.74) is 8.81. The average Bonchev–Trinajstić information content (AvgIpc) is 3.61. The molecule has 0 spiro atoms. The average molecular weight is 701 g/mol. The molecule has 0 saturated heterocycles. The zero-order valence-corrected chi connectivity index (χ0v) is 29.8. The zero-order chi connectivity index (χ0) is 36.3. The minimum Gasteiger partial charge on any atom is -0.309 e. The molecule has 0 radical (unpaired) electrons. The van der Waals surface area contributed by atoms with Crippen molar-refractivity contribution in [3.63, 3.8) is 0 Å². The molecule has 0 unspecified atom stereocenters. The standard InChI is InChI=1S/C51H32N4/c1-4-15-33(16-5-1)49-52-50(34-17-6-2-7-18-34)54-51(53-49)36-28-30-41-39-21-10-11-22-40(39)44-31-35(27-29-42(44)45(41)32-36)38-24-14-26-47-48(38)43-23-12-13-25-46(43)55(47)37-19-8-3-9-20-37/h1-32H. The molecule has 11 rings (SSSR count). The highest BCUT2D eigenvalue weighted by molar-refractivity contribution is 6.26. The van der Waals surface area contributed by atoms with Crippen LogP contribution in [-0.4, -0.2) is 19.5 Å². The van der Waals surface area contributed by atoms with Gasteiger partial charge < -0.3 is 4.57 Å². The van der Waals surface area contributed by atoms with Crippen LogP contribution in [0.25, 0.3) is 105 Å². The topological polar surface area (TPSA) is 43.6 Å². The van der Waals surface area contributed by atoms with Gasteiger partial charge in [0.15, 0.2) is 17.5 Å². The molecular weight excluding hydrogens is 669 g/mol. The summed E-state index contributed by atoms with van der Waals surface area (Å²) in [5, 5.41) is 9.73. The van der Waals surface area contributed by atoms with Crippen LogP contribution >= 0.6 is 0 Å². The molecule has 0 atom stereocenters. The van der Waals surface area contributed by atoms with Gasteiger partial charge in [0.25, 0.3) is 0 Å². The number of nitrogens with zero attached hydrogens (tertiary/aromatic N) is 4. The van der Waals surface area contributed by atoms with Crippen molar-refractivity contribution in [2.75, 3.05) is 0 Å². The molecule has 0 N–H and O–H groups in total. The molecule has 0 bridgehead atoms. The number of aromatic nitrogens is 4. The Bertz CT molecular complexity index is 3180. The SMILES string of the molecule is c1ccc(-c2nc(-c3ccccc3)nc(-c3ccc4c5ccccc5c5cc(-c6cccc7c6c6ccccc6n7-c6ccccc6)ccc5c4c3)n2)cc1. The molecule has 2 heterocycles. The molecule has 2 aromatic heterocycles. The largest absolute Gasteiger partial charge is 0.309 e. The number of hydrogen-bond donors (Lipinski definition) is 0. The van der Waals surface area contributed by atoms with Crippen molar-refractivity contribution >= 4 is 54.1 Å². The first kappa shape index (κ1) is 31.1. The van der Waals surface area contributed by atoms with Gasteiger partial charge in [-0.25, -0.2) is 15.0 Å². The predicted molar refractivity (Wildman–Crippen MR) is 228 cm³/mol. The van der Waals surface area contributed by atoms with Crippen LogP contribution in [0, 0.1) is 0 Å². The third-order valence-corrected chi connectivity index (χ3v) is 10.8. The molecule has 0 aliphatic rings. The van der Waals surface area contributed by atoms with Crippen molar-refractivity contribution in [2.45, 2.75) is 0 Å². The van der Waals surface area contributed by atoms with Crippen LogP contribution in [0.15, 0.2) is 194 Å². The third kappa shape index (κ3) is 5.11. The highest BCUT2D eigenvalue weighted by atomic mass is 15.0. The van der Waals surface area contributed by atoms with Crippen molar-refractivity contribution < 1.29 is 0 Å². The zero-order valence-electron chi connectivity index (χ0n) is 29.8. The lowest BCUT2D eigenvalue weighted by atomic mass is 9.90. The molecule has 0 fully saturated rings. The number of para-hydroxylation sites is 2. The van der Waals surface area contributed by atoms with E-state index in [9.17, 15) is 0 Å². The van der Waals surface area contributed by atoms with Crippen LogP contribution in [0.1, 0.15) is 0 Å². The van der Waals surface area contributed by atoms with E-state index in [1.165, 1.54) is 65.3 Å². The minimum absolute atomic E-state index is 0.647. The molecule has 11 aromatic rings. The molecule has 4 heteroatoms. The number of benzene rings is 9. The van der Waals surface area contributed by atoms with E-state index in [1.54, 1.807) is 0 Å². The van der Waals surface area contributed by atoms with Gasteiger partial charge in [0, 0.05) is 33.2 Å². The van der Waals surface area contributed by atoms with E-state index in [0.29, 0.717) is 17.5 Å². The normalized spacial score (nSPS) is 11.6. The fourth-order valence-electron chi connectivity index (χ4n) is 8.32. The van der Waals surface area contributed by atoms with Gasteiger partial charge in [0.1, 0.15) is 0 Å². The molecule has 0 amide bonds. The highest BCUT2D eigenvalue weighted by Gasteiger charge is 2.18. The van der Waals surface area contributed by atoms with Crippen molar-refractivity contribution in [3.05, 3.63) is 194 Å². The van der Waals surface area contributed by atoms with Gasteiger partial charge in [0.05, 0.1) is 11.0 Å². The molecule has 0 aliphatic carbocycles. The Hall–Kier alpha value is -7.43. The first-order valence-electron chi connectivity index (χ1n) is 18.6. The van der Waals surface area contributed by atoms with Crippen LogP contribution in [0.2, 0.25) is 0 Å². The smallest absolute Gasteiger partial charge is 0.164 e. The van der Waals surface area contributed by atoms with Crippen LogP contribution in [-0.2, 0) is 0 Å². The summed E-state index contributed by atoms with van der Waals surface area (Å²) in [6.45, 7) is 0. The Labute approximate surface area is 317 Å². The fraction of sp³-hybridized carbons (Fsp3) is 0. The fourth-order valence-corrected chi connectivity index (χ4v) is 8.32. The summed E-state index contributed by atoms with van der Waals surface area (Å²) in [4.78, 5) is 15.0. The van der Waals surface area contributed by atoms with E-state index in [4.69, 9.17) is 15.0 Å². The first-order valence-corrected chi connectivity index (χ1v) is 18.6. The van der Waals surface area contributed by atoms with Gasteiger partial charge >= 0.3 is 0 Å². The van der Waals surface area contributed by atoms with Gasteiger partial charge in [-0.05, 0) is 79.8 Å². The van der Waals surface area contributed by atoms with E-state index >= 15 is 0 Å².